The Bertz CT molecular complexity index is 934. The number of quaternary nitrogens is 1. The zero-order chi connectivity index (χ0) is 20.6. The van der Waals surface area contributed by atoms with Crippen molar-refractivity contribution in [2.24, 2.45) is 0 Å². The zero-order valence-corrected chi connectivity index (χ0v) is 17.0. The molecule has 0 unspecified atom stereocenters. The Hall–Kier alpha value is -3.15. The van der Waals surface area contributed by atoms with Gasteiger partial charge in [-0.3, -0.25) is 4.79 Å². The average molecular weight is 404 g/mol. The summed E-state index contributed by atoms with van der Waals surface area (Å²) in [7, 11) is 0. The molecule has 1 aliphatic heterocycles. The van der Waals surface area contributed by atoms with Crippen LogP contribution in [-0.2, 0) is 17.9 Å². The van der Waals surface area contributed by atoms with E-state index in [2.05, 4.69) is 17.4 Å². The lowest BCUT2D eigenvalue weighted by Gasteiger charge is -2.23. The molecule has 30 heavy (non-hydrogen) atoms. The third-order valence-electron chi connectivity index (χ3n) is 5.23. The van der Waals surface area contributed by atoms with E-state index in [1.54, 1.807) is 12.1 Å². The highest BCUT2D eigenvalue weighted by atomic mass is 16.5. The van der Waals surface area contributed by atoms with Crippen molar-refractivity contribution in [2.75, 3.05) is 31.6 Å². The van der Waals surface area contributed by atoms with E-state index in [9.17, 15) is 4.79 Å². The summed E-state index contributed by atoms with van der Waals surface area (Å²) in [6, 6.07) is 25.3. The van der Waals surface area contributed by atoms with Gasteiger partial charge in [0.05, 0.1) is 13.2 Å². The van der Waals surface area contributed by atoms with Crippen molar-refractivity contribution < 1.29 is 19.2 Å². The van der Waals surface area contributed by atoms with Gasteiger partial charge in [-0.1, -0.05) is 42.5 Å². The lowest BCUT2D eigenvalue weighted by molar-refractivity contribution is -0.921. The summed E-state index contributed by atoms with van der Waals surface area (Å²) >= 11 is 0. The molecule has 4 rings (SSSR count). The molecule has 1 aliphatic rings. The Kier molecular flexibility index (Phi) is 6.75. The number of benzene rings is 3. The molecule has 3 aromatic rings. The van der Waals surface area contributed by atoms with Crippen LogP contribution in [0.1, 0.15) is 21.5 Å². The molecule has 0 bridgehead atoms. The van der Waals surface area contributed by atoms with Crippen LogP contribution >= 0.6 is 0 Å². The second kappa shape index (κ2) is 10.1. The molecule has 0 aliphatic carbocycles. The number of hydrogen-bond donors (Lipinski definition) is 2. The van der Waals surface area contributed by atoms with E-state index in [1.165, 1.54) is 10.5 Å². The fourth-order valence-corrected chi connectivity index (χ4v) is 3.48. The summed E-state index contributed by atoms with van der Waals surface area (Å²) in [5.74, 6) is 0.613. The van der Waals surface area contributed by atoms with Crippen molar-refractivity contribution in [3.05, 3.63) is 95.6 Å². The van der Waals surface area contributed by atoms with Crippen molar-refractivity contribution >= 4 is 11.6 Å². The van der Waals surface area contributed by atoms with Crippen LogP contribution in [0.2, 0.25) is 0 Å². The number of nitrogens with one attached hydrogen (secondary N) is 2. The number of anilines is 1. The molecule has 0 spiro atoms. The molecule has 1 saturated heterocycles. The van der Waals surface area contributed by atoms with Crippen LogP contribution < -0.4 is 15.0 Å². The molecule has 2 N–H and O–H groups in total. The first-order valence-electron chi connectivity index (χ1n) is 10.3. The van der Waals surface area contributed by atoms with Crippen molar-refractivity contribution in [3.63, 3.8) is 0 Å². The molecule has 3 aromatic carbocycles. The molecule has 0 radical (unpaired) electrons. The highest BCUT2D eigenvalue weighted by molar-refractivity contribution is 6.04. The van der Waals surface area contributed by atoms with E-state index in [1.807, 2.05) is 54.6 Å². The smallest absolute Gasteiger partial charge is 0.255 e. The molecular weight excluding hydrogens is 376 g/mol. The number of amides is 1. The lowest BCUT2D eigenvalue weighted by Crippen LogP contribution is -3.12. The summed E-state index contributed by atoms with van der Waals surface area (Å²) in [6.45, 7) is 5.25. The quantitative estimate of drug-likeness (QED) is 0.638. The molecule has 5 nitrogen and oxygen atoms in total. The van der Waals surface area contributed by atoms with Gasteiger partial charge < -0.3 is 19.7 Å². The number of ether oxygens (including phenoxy) is 2. The minimum Gasteiger partial charge on any atom is -0.489 e. The summed E-state index contributed by atoms with van der Waals surface area (Å²) in [6.07, 6.45) is 0. The number of carbonyl (C=O) groups excluding carboxylic acids is 1. The van der Waals surface area contributed by atoms with Gasteiger partial charge in [0.15, 0.2) is 0 Å². The van der Waals surface area contributed by atoms with E-state index in [0.717, 1.165) is 49.8 Å². The second-order valence-electron chi connectivity index (χ2n) is 7.49. The highest BCUT2D eigenvalue weighted by Crippen LogP contribution is 2.16. The van der Waals surface area contributed by atoms with Crippen molar-refractivity contribution in [3.8, 4) is 5.75 Å². The van der Waals surface area contributed by atoms with Gasteiger partial charge in [0.1, 0.15) is 32.0 Å². The van der Waals surface area contributed by atoms with E-state index in [0.29, 0.717) is 12.2 Å². The summed E-state index contributed by atoms with van der Waals surface area (Å²) in [4.78, 5) is 14.1. The van der Waals surface area contributed by atoms with E-state index >= 15 is 0 Å². The molecule has 5 heteroatoms. The van der Waals surface area contributed by atoms with Gasteiger partial charge in [-0.25, -0.2) is 0 Å². The molecule has 0 aromatic heterocycles. The fourth-order valence-electron chi connectivity index (χ4n) is 3.48. The predicted octanol–water partition coefficient (Wildman–Crippen LogP) is 2.93. The molecule has 1 heterocycles. The van der Waals surface area contributed by atoms with Crippen LogP contribution in [0.5, 0.6) is 5.75 Å². The maximum atomic E-state index is 12.5. The molecule has 1 amide bonds. The second-order valence-corrected chi connectivity index (χ2v) is 7.49. The fraction of sp³-hybridized carbons (Fsp3) is 0.240. The number of hydrogen-bond acceptors (Lipinski definition) is 3. The Morgan fingerprint density at radius 1 is 0.867 bits per heavy atom. The first kappa shape index (κ1) is 20.1. The van der Waals surface area contributed by atoms with Crippen LogP contribution in [0.15, 0.2) is 78.9 Å². The van der Waals surface area contributed by atoms with Crippen LogP contribution in [0.4, 0.5) is 5.69 Å². The maximum absolute atomic E-state index is 12.5. The highest BCUT2D eigenvalue weighted by Gasteiger charge is 2.14. The maximum Gasteiger partial charge on any atom is 0.255 e. The van der Waals surface area contributed by atoms with E-state index < -0.39 is 0 Å². The first-order chi connectivity index (χ1) is 14.8. The predicted molar refractivity (Wildman–Crippen MR) is 117 cm³/mol. The van der Waals surface area contributed by atoms with Crippen molar-refractivity contribution in [2.45, 2.75) is 13.2 Å². The number of morpholine rings is 1. The molecule has 0 saturated carbocycles. The van der Waals surface area contributed by atoms with Gasteiger partial charge in [-0.05, 0) is 42.0 Å². The Morgan fingerprint density at radius 2 is 1.57 bits per heavy atom. The van der Waals surface area contributed by atoms with Gasteiger partial charge in [-0.15, -0.1) is 0 Å². The molecule has 0 atom stereocenters. The van der Waals surface area contributed by atoms with Gasteiger partial charge in [0, 0.05) is 16.8 Å². The molecule has 1 fully saturated rings. The largest absolute Gasteiger partial charge is 0.489 e. The SMILES string of the molecule is O=C(Nc1ccc(C[NH+]2CCOCC2)cc1)c1ccc(OCc2ccccc2)cc1. The Balaban J connectivity index is 1.28. The van der Waals surface area contributed by atoms with Gasteiger partial charge in [0.2, 0.25) is 0 Å². The lowest BCUT2D eigenvalue weighted by atomic mass is 10.1. The third-order valence-corrected chi connectivity index (χ3v) is 5.23. The normalized spacial score (nSPS) is 14.3. The number of rotatable bonds is 7. The van der Waals surface area contributed by atoms with Gasteiger partial charge in [-0.2, -0.15) is 0 Å². The first-order valence-corrected chi connectivity index (χ1v) is 10.3. The monoisotopic (exact) mass is 403 g/mol. The summed E-state index contributed by atoms with van der Waals surface area (Å²) in [5.41, 5.74) is 3.77. The van der Waals surface area contributed by atoms with Crippen LogP contribution in [0.3, 0.4) is 0 Å². The zero-order valence-electron chi connectivity index (χ0n) is 17.0. The van der Waals surface area contributed by atoms with Crippen LogP contribution in [0, 0.1) is 0 Å². The summed E-state index contributed by atoms with van der Waals surface area (Å²) < 4.78 is 11.2. The van der Waals surface area contributed by atoms with Crippen molar-refractivity contribution in [1.29, 1.82) is 0 Å². The van der Waals surface area contributed by atoms with Gasteiger partial charge >= 0.3 is 0 Å². The topological polar surface area (TPSA) is 52.0 Å². The number of carbonyl (C=O) groups is 1. The Labute approximate surface area is 177 Å². The Morgan fingerprint density at radius 3 is 2.27 bits per heavy atom. The van der Waals surface area contributed by atoms with Crippen molar-refractivity contribution in [1.82, 2.24) is 0 Å². The average Bonchev–Trinajstić information content (AvgIpc) is 2.81. The van der Waals surface area contributed by atoms with E-state index in [-0.39, 0.29) is 5.91 Å². The molecule has 154 valence electrons. The third kappa shape index (κ3) is 5.69. The standard InChI is InChI=1S/C25H26N2O3/c28-25(22-8-12-24(13-9-22)30-19-21-4-2-1-3-5-21)26-23-10-6-20(7-11-23)18-27-14-16-29-17-15-27/h1-13H,14-19H2,(H,26,28)/p+1. The van der Waals surface area contributed by atoms with Crippen LogP contribution in [0.25, 0.3) is 0 Å². The summed E-state index contributed by atoms with van der Waals surface area (Å²) in [5, 5.41) is 2.96. The van der Waals surface area contributed by atoms with Crippen LogP contribution in [-0.4, -0.2) is 32.2 Å². The van der Waals surface area contributed by atoms with E-state index in [4.69, 9.17) is 9.47 Å². The molecular formula is C25H27N2O3+. The minimum atomic E-state index is -0.129. The van der Waals surface area contributed by atoms with Gasteiger partial charge in [0.25, 0.3) is 5.91 Å². The minimum absolute atomic E-state index is 0.129.